The topological polar surface area (TPSA) is 39.2 Å². The number of halogens is 3. The van der Waals surface area contributed by atoms with Crippen LogP contribution in [-0.2, 0) is 0 Å². The van der Waals surface area contributed by atoms with Gasteiger partial charge in [0.2, 0.25) is 0 Å². The molecule has 0 radical (unpaired) electrons. The Labute approximate surface area is 87.2 Å². The van der Waals surface area contributed by atoms with E-state index in [-0.39, 0.29) is 15.9 Å². The molecule has 6 heteroatoms. The highest BCUT2D eigenvalue weighted by molar-refractivity contribution is 9.10. The van der Waals surface area contributed by atoms with Gasteiger partial charge in [-0.2, -0.15) is 0 Å². The number of hydrogen-bond donors (Lipinski definition) is 0. The largest absolute Gasteiger partial charge is 0.494 e. The molecule has 0 bridgehead atoms. The van der Waals surface area contributed by atoms with E-state index in [0.717, 1.165) is 0 Å². The second-order valence-electron chi connectivity index (χ2n) is 2.36. The highest BCUT2D eigenvalue weighted by Gasteiger charge is 2.17. The third-order valence-corrected chi connectivity index (χ3v) is 2.17. The number of carbonyl (C=O) groups is 1. The third-order valence-electron chi connectivity index (χ3n) is 1.53. The molecular weight excluding hydrogens is 260 g/mol. The molecule has 0 aliphatic carbocycles. The summed E-state index contributed by atoms with van der Waals surface area (Å²) in [5, 5.41) is 0. The maximum Gasteiger partial charge on any atom is 0.281 e. The summed E-state index contributed by atoms with van der Waals surface area (Å²) in [4.78, 5) is 13.9. The van der Waals surface area contributed by atoms with Crippen molar-refractivity contribution in [1.29, 1.82) is 0 Å². The second kappa shape index (κ2) is 4.45. The van der Waals surface area contributed by atoms with Crippen molar-refractivity contribution in [3.8, 4) is 5.75 Å². The van der Waals surface area contributed by atoms with Crippen LogP contribution in [0.1, 0.15) is 22.6 Å². The number of ether oxygens (including phenoxy) is 1. The fourth-order valence-corrected chi connectivity index (χ4v) is 1.37. The van der Waals surface area contributed by atoms with Gasteiger partial charge in [0, 0.05) is 4.47 Å². The van der Waals surface area contributed by atoms with Crippen LogP contribution in [0, 0.1) is 0 Å². The Kier molecular flexibility index (Phi) is 3.51. The van der Waals surface area contributed by atoms with Crippen molar-refractivity contribution in [2.75, 3.05) is 7.11 Å². The second-order valence-corrected chi connectivity index (χ2v) is 3.22. The average Bonchev–Trinajstić information content (AvgIpc) is 2.16. The van der Waals surface area contributed by atoms with Gasteiger partial charge in [-0.15, -0.1) is 0 Å². The van der Waals surface area contributed by atoms with Gasteiger partial charge in [0.25, 0.3) is 6.43 Å². The minimum Gasteiger partial charge on any atom is -0.494 e. The fraction of sp³-hybridized carbons (Fsp3) is 0.250. The zero-order valence-corrected chi connectivity index (χ0v) is 8.72. The molecule has 0 saturated carbocycles. The van der Waals surface area contributed by atoms with Gasteiger partial charge >= 0.3 is 0 Å². The summed E-state index contributed by atoms with van der Waals surface area (Å²) in [6.07, 6.45) is -2.36. The van der Waals surface area contributed by atoms with Crippen LogP contribution in [0.5, 0.6) is 5.75 Å². The van der Waals surface area contributed by atoms with Gasteiger partial charge in [-0.05, 0) is 22.0 Å². The van der Waals surface area contributed by atoms with E-state index in [1.54, 1.807) is 0 Å². The van der Waals surface area contributed by atoms with Gasteiger partial charge in [-0.1, -0.05) is 0 Å². The summed E-state index contributed by atoms with van der Waals surface area (Å²) < 4.78 is 29.6. The van der Waals surface area contributed by atoms with E-state index in [1.807, 2.05) is 0 Å². The number of pyridine rings is 1. The lowest BCUT2D eigenvalue weighted by atomic mass is 10.3. The predicted molar refractivity (Wildman–Crippen MR) is 48.8 cm³/mol. The molecule has 0 atom stereocenters. The van der Waals surface area contributed by atoms with Crippen LogP contribution in [0.3, 0.4) is 0 Å². The zero-order valence-electron chi connectivity index (χ0n) is 7.13. The van der Waals surface area contributed by atoms with Crippen LogP contribution in [0.4, 0.5) is 8.78 Å². The van der Waals surface area contributed by atoms with Gasteiger partial charge in [-0.3, -0.25) is 4.79 Å². The number of methoxy groups -OCH3 is 1. The molecule has 0 saturated heterocycles. The molecule has 14 heavy (non-hydrogen) atoms. The normalized spacial score (nSPS) is 10.4. The molecule has 0 aromatic carbocycles. The molecule has 0 spiro atoms. The lowest BCUT2D eigenvalue weighted by Gasteiger charge is -2.07. The van der Waals surface area contributed by atoms with Crippen molar-refractivity contribution >= 4 is 22.2 Å². The van der Waals surface area contributed by atoms with E-state index >= 15 is 0 Å². The number of aldehydes is 1. The summed E-state index contributed by atoms with van der Waals surface area (Å²) in [6, 6.07) is 1.29. The Morgan fingerprint density at radius 3 is 2.71 bits per heavy atom. The number of rotatable bonds is 3. The van der Waals surface area contributed by atoms with E-state index in [9.17, 15) is 13.6 Å². The lowest BCUT2D eigenvalue weighted by Crippen LogP contribution is -2.00. The molecule has 1 rings (SSSR count). The van der Waals surface area contributed by atoms with E-state index in [0.29, 0.717) is 6.29 Å². The van der Waals surface area contributed by atoms with Crippen LogP contribution in [-0.4, -0.2) is 18.4 Å². The van der Waals surface area contributed by atoms with Crippen molar-refractivity contribution in [1.82, 2.24) is 4.98 Å². The van der Waals surface area contributed by atoms with Crippen LogP contribution in [0.2, 0.25) is 0 Å². The minimum atomic E-state index is -2.73. The standard InChI is InChI=1S/C8H6BrF2NO2/c1-14-6-2-4(9)7(8(10)11)12-5(6)3-13/h2-3,8H,1H3. The molecule has 1 heterocycles. The Bertz CT molecular complexity index is 357. The van der Waals surface area contributed by atoms with Gasteiger partial charge in [-0.25, -0.2) is 13.8 Å². The van der Waals surface area contributed by atoms with Crippen molar-refractivity contribution in [3.63, 3.8) is 0 Å². The first-order chi connectivity index (χ1) is 6.60. The number of hydrogen-bond acceptors (Lipinski definition) is 3. The minimum absolute atomic E-state index is 0.120. The first-order valence-electron chi connectivity index (χ1n) is 3.58. The summed E-state index contributed by atoms with van der Waals surface area (Å²) in [7, 11) is 1.33. The number of carbonyl (C=O) groups excluding carboxylic acids is 1. The van der Waals surface area contributed by atoms with E-state index in [2.05, 4.69) is 20.9 Å². The smallest absolute Gasteiger partial charge is 0.281 e. The number of alkyl halides is 2. The summed E-state index contributed by atoms with van der Waals surface area (Å²) >= 11 is 2.91. The molecule has 0 unspecified atom stereocenters. The van der Waals surface area contributed by atoms with Crippen molar-refractivity contribution in [3.05, 3.63) is 21.9 Å². The summed E-state index contributed by atoms with van der Waals surface area (Å²) in [6.45, 7) is 0. The van der Waals surface area contributed by atoms with Crippen LogP contribution < -0.4 is 4.74 Å². The van der Waals surface area contributed by atoms with E-state index in [4.69, 9.17) is 4.74 Å². The molecule has 76 valence electrons. The Balaban J connectivity index is 3.30. The monoisotopic (exact) mass is 265 g/mol. The van der Waals surface area contributed by atoms with Gasteiger partial charge in [0.05, 0.1) is 7.11 Å². The molecule has 0 fully saturated rings. The SMILES string of the molecule is COc1cc(Br)c(C(F)F)nc1C=O. The number of nitrogens with zero attached hydrogens (tertiary/aromatic N) is 1. The predicted octanol–water partition coefficient (Wildman–Crippen LogP) is 2.60. The van der Waals surface area contributed by atoms with E-state index < -0.39 is 12.1 Å². The van der Waals surface area contributed by atoms with Crippen molar-refractivity contribution in [2.45, 2.75) is 6.43 Å². The highest BCUT2D eigenvalue weighted by atomic mass is 79.9. The fourth-order valence-electron chi connectivity index (χ4n) is 0.902. The molecule has 3 nitrogen and oxygen atoms in total. The number of aromatic nitrogens is 1. The molecule has 0 N–H and O–H groups in total. The molecule has 1 aromatic rings. The van der Waals surface area contributed by atoms with Crippen molar-refractivity contribution in [2.24, 2.45) is 0 Å². The first-order valence-corrected chi connectivity index (χ1v) is 4.37. The Morgan fingerprint density at radius 2 is 2.29 bits per heavy atom. The first kappa shape index (κ1) is 11.0. The average molecular weight is 266 g/mol. The lowest BCUT2D eigenvalue weighted by molar-refractivity contribution is 0.111. The van der Waals surface area contributed by atoms with E-state index in [1.165, 1.54) is 13.2 Å². The summed E-state index contributed by atoms with van der Waals surface area (Å²) in [5.41, 5.74) is -0.598. The van der Waals surface area contributed by atoms with Crippen LogP contribution >= 0.6 is 15.9 Å². The van der Waals surface area contributed by atoms with Crippen LogP contribution in [0.15, 0.2) is 10.5 Å². The zero-order chi connectivity index (χ0) is 10.7. The molecular formula is C8H6BrF2NO2. The van der Waals surface area contributed by atoms with Gasteiger partial charge in [0.15, 0.2) is 6.29 Å². The third kappa shape index (κ3) is 2.06. The summed E-state index contributed by atoms with van der Waals surface area (Å²) in [5.74, 6) is 0.163. The molecule has 1 aromatic heterocycles. The van der Waals surface area contributed by atoms with Crippen LogP contribution in [0.25, 0.3) is 0 Å². The van der Waals surface area contributed by atoms with Gasteiger partial charge in [0.1, 0.15) is 17.1 Å². The molecule has 0 aliphatic heterocycles. The maximum atomic E-state index is 12.3. The Hall–Kier alpha value is -1.04. The quantitative estimate of drug-likeness (QED) is 0.789. The Morgan fingerprint density at radius 1 is 1.64 bits per heavy atom. The molecule has 0 amide bonds. The van der Waals surface area contributed by atoms with Gasteiger partial charge < -0.3 is 4.74 Å². The highest BCUT2D eigenvalue weighted by Crippen LogP contribution is 2.29. The van der Waals surface area contributed by atoms with Crippen molar-refractivity contribution < 1.29 is 18.3 Å². The molecule has 0 aliphatic rings. The maximum absolute atomic E-state index is 12.3.